The lowest BCUT2D eigenvalue weighted by molar-refractivity contribution is 0.0947. The summed E-state index contributed by atoms with van der Waals surface area (Å²) in [6, 6.07) is 9.17. The van der Waals surface area contributed by atoms with Crippen LogP contribution in [0.3, 0.4) is 0 Å². The third-order valence-electron chi connectivity index (χ3n) is 3.88. The van der Waals surface area contributed by atoms with Crippen LogP contribution in [0.25, 0.3) is 0 Å². The molecule has 2 aromatic rings. The van der Waals surface area contributed by atoms with Gasteiger partial charge in [-0.05, 0) is 24.8 Å². The van der Waals surface area contributed by atoms with E-state index in [2.05, 4.69) is 15.6 Å². The molecule has 0 radical (unpaired) electrons. The van der Waals surface area contributed by atoms with Crippen molar-refractivity contribution in [2.75, 3.05) is 13.1 Å². The summed E-state index contributed by atoms with van der Waals surface area (Å²) in [4.78, 5) is 27.6. The zero-order chi connectivity index (χ0) is 19.5. The lowest BCUT2D eigenvalue weighted by atomic mass is 10.2. The van der Waals surface area contributed by atoms with Crippen LogP contribution in [0.2, 0.25) is 0 Å². The van der Waals surface area contributed by atoms with Crippen molar-refractivity contribution in [3.05, 3.63) is 53.7 Å². The van der Waals surface area contributed by atoms with Crippen molar-refractivity contribution in [3.63, 3.8) is 0 Å². The van der Waals surface area contributed by atoms with Gasteiger partial charge in [-0.3, -0.25) is 4.79 Å². The summed E-state index contributed by atoms with van der Waals surface area (Å²) in [6.07, 6.45) is 2.97. The Morgan fingerprint density at radius 2 is 1.89 bits per heavy atom. The highest BCUT2D eigenvalue weighted by Crippen LogP contribution is 2.12. The number of hydrogen-bond donors (Lipinski definition) is 3. The zero-order valence-corrected chi connectivity index (χ0v) is 15.4. The van der Waals surface area contributed by atoms with Crippen molar-refractivity contribution >= 4 is 12.0 Å². The molecule has 1 aromatic heterocycles. The van der Waals surface area contributed by atoms with Gasteiger partial charge in [0.2, 0.25) is 5.89 Å². The molecule has 0 spiro atoms. The van der Waals surface area contributed by atoms with Crippen LogP contribution >= 0.6 is 0 Å². The van der Waals surface area contributed by atoms with Crippen LogP contribution in [0.15, 0.2) is 41.0 Å². The molecule has 2 amide bonds. The van der Waals surface area contributed by atoms with Crippen LogP contribution in [0.4, 0.5) is 4.79 Å². The van der Waals surface area contributed by atoms with Gasteiger partial charge in [0.1, 0.15) is 12.9 Å². The molecular weight excluding hydrogens is 348 g/mol. The van der Waals surface area contributed by atoms with E-state index in [1.807, 2.05) is 37.3 Å². The highest BCUT2D eigenvalue weighted by molar-refractivity contribution is 5.91. The summed E-state index contributed by atoms with van der Waals surface area (Å²) < 4.78 is 10.3. The van der Waals surface area contributed by atoms with Gasteiger partial charge < -0.3 is 25.5 Å². The topological polar surface area (TPSA) is 119 Å². The Kier molecular flexibility index (Phi) is 8.31. The molecule has 1 atom stereocenters. The Morgan fingerprint density at radius 3 is 2.59 bits per heavy atom. The molecule has 0 saturated carbocycles. The molecule has 0 aliphatic rings. The lowest BCUT2D eigenvalue weighted by Gasteiger charge is -2.07. The average molecular weight is 374 g/mol. The van der Waals surface area contributed by atoms with Gasteiger partial charge in [0, 0.05) is 13.1 Å². The second-order valence-corrected chi connectivity index (χ2v) is 6.04. The van der Waals surface area contributed by atoms with Crippen molar-refractivity contribution in [1.82, 2.24) is 15.6 Å². The minimum atomic E-state index is -0.453. The Morgan fingerprint density at radius 1 is 1.19 bits per heavy atom. The SMILES string of the molecule is CCC(N)c1nc(C(=O)NCCCCNC(=O)OCc2ccccc2)co1. The van der Waals surface area contributed by atoms with Gasteiger partial charge in [-0.25, -0.2) is 9.78 Å². The zero-order valence-electron chi connectivity index (χ0n) is 15.4. The van der Waals surface area contributed by atoms with Gasteiger partial charge in [-0.2, -0.15) is 0 Å². The number of nitrogens with zero attached hydrogens (tertiary/aromatic N) is 1. The number of nitrogens with one attached hydrogen (secondary N) is 2. The summed E-state index contributed by atoms with van der Waals surface area (Å²) in [5.74, 6) is 0.0596. The third kappa shape index (κ3) is 7.10. The number of oxazole rings is 1. The number of benzene rings is 1. The average Bonchev–Trinajstić information content (AvgIpc) is 3.19. The number of carbonyl (C=O) groups excluding carboxylic acids is 2. The molecule has 0 aliphatic carbocycles. The molecule has 0 fully saturated rings. The maximum absolute atomic E-state index is 12.0. The predicted molar refractivity (Wildman–Crippen MR) is 99.9 cm³/mol. The van der Waals surface area contributed by atoms with Crippen molar-refractivity contribution in [1.29, 1.82) is 0 Å². The molecule has 2 rings (SSSR count). The number of nitrogens with two attached hydrogens (primary N) is 1. The maximum atomic E-state index is 12.0. The van der Waals surface area contributed by atoms with E-state index in [9.17, 15) is 9.59 Å². The van der Waals surface area contributed by atoms with Crippen molar-refractivity contribution in [2.24, 2.45) is 5.73 Å². The Labute approximate surface area is 158 Å². The molecule has 8 heteroatoms. The minimum absolute atomic E-state index is 0.219. The molecule has 8 nitrogen and oxygen atoms in total. The number of carbonyl (C=O) groups is 2. The van der Waals surface area contributed by atoms with Gasteiger partial charge >= 0.3 is 6.09 Å². The number of ether oxygens (including phenoxy) is 1. The standard InChI is InChI=1S/C19H26N4O4/c1-2-15(20)18-23-16(13-26-18)17(24)21-10-6-7-11-22-19(25)27-12-14-8-4-3-5-9-14/h3-5,8-9,13,15H,2,6-7,10-12,20H2,1H3,(H,21,24)(H,22,25). The van der Waals surface area contributed by atoms with E-state index in [1.165, 1.54) is 6.26 Å². The highest BCUT2D eigenvalue weighted by atomic mass is 16.5. The summed E-state index contributed by atoms with van der Waals surface area (Å²) in [5.41, 5.74) is 6.96. The van der Waals surface area contributed by atoms with E-state index in [-0.39, 0.29) is 24.2 Å². The molecule has 0 bridgehead atoms. The van der Waals surface area contributed by atoms with Gasteiger partial charge in [-0.15, -0.1) is 0 Å². The first-order valence-electron chi connectivity index (χ1n) is 9.04. The molecule has 1 heterocycles. The van der Waals surface area contributed by atoms with E-state index in [0.717, 1.165) is 5.56 Å². The summed E-state index contributed by atoms with van der Waals surface area (Å²) in [6.45, 7) is 3.11. The molecular formula is C19H26N4O4. The Hall–Kier alpha value is -2.87. The molecule has 0 saturated heterocycles. The lowest BCUT2D eigenvalue weighted by Crippen LogP contribution is -2.28. The second-order valence-electron chi connectivity index (χ2n) is 6.04. The summed E-state index contributed by atoms with van der Waals surface area (Å²) in [7, 11) is 0. The van der Waals surface area contributed by atoms with Crippen LogP contribution < -0.4 is 16.4 Å². The van der Waals surface area contributed by atoms with Gasteiger partial charge in [0.15, 0.2) is 5.69 Å². The van der Waals surface area contributed by atoms with Gasteiger partial charge in [-0.1, -0.05) is 37.3 Å². The monoisotopic (exact) mass is 374 g/mol. The fraction of sp³-hybridized carbons (Fsp3) is 0.421. The molecule has 146 valence electrons. The van der Waals surface area contributed by atoms with E-state index in [0.29, 0.717) is 38.2 Å². The second kappa shape index (κ2) is 11.0. The Bertz CT molecular complexity index is 718. The van der Waals surface area contributed by atoms with Crippen molar-refractivity contribution in [2.45, 2.75) is 38.8 Å². The summed E-state index contributed by atoms with van der Waals surface area (Å²) in [5, 5.41) is 5.44. The summed E-state index contributed by atoms with van der Waals surface area (Å²) >= 11 is 0. The number of rotatable bonds is 10. The van der Waals surface area contributed by atoms with Crippen molar-refractivity contribution in [3.8, 4) is 0 Å². The number of aromatic nitrogens is 1. The van der Waals surface area contributed by atoms with Crippen LogP contribution in [-0.4, -0.2) is 30.1 Å². The van der Waals surface area contributed by atoms with Gasteiger partial charge in [0.05, 0.1) is 6.04 Å². The number of alkyl carbamates (subject to hydrolysis) is 1. The third-order valence-corrected chi connectivity index (χ3v) is 3.88. The molecule has 4 N–H and O–H groups in total. The van der Waals surface area contributed by atoms with Crippen LogP contribution in [0, 0.1) is 0 Å². The van der Waals surface area contributed by atoms with E-state index >= 15 is 0 Å². The molecule has 0 aliphatic heterocycles. The fourth-order valence-corrected chi connectivity index (χ4v) is 2.24. The number of amides is 2. The van der Waals surface area contributed by atoms with Crippen molar-refractivity contribution < 1.29 is 18.7 Å². The van der Waals surface area contributed by atoms with E-state index < -0.39 is 6.09 Å². The maximum Gasteiger partial charge on any atom is 0.407 e. The molecule has 1 aromatic carbocycles. The predicted octanol–water partition coefficient (Wildman–Crippen LogP) is 2.52. The number of hydrogen-bond acceptors (Lipinski definition) is 6. The van der Waals surface area contributed by atoms with Gasteiger partial charge in [0.25, 0.3) is 5.91 Å². The largest absolute Gasteiger partial charge is 0.446 e. The fourth-order valence-electron chi connectivity index (χ4n) is 2.24. The van der Waals surface area contributed by atoms with E-state index in [1.54, 1.807) is 0 Å². The normalized spacial score (nSPS) is 11.6. The molecule has 27 heavy (non-hydrogen) atoms. The molecule has 1 unspecified atom stereocenters. The smallest absolute Gasteiger partial charge is 0.407 e. The number of unbranched alkanes of at least 4 members (excludes halogenated alkanes) is 1. The quantitative estimate of drug-likeness (QED) is 0.550. The minimum Gasteiger partial charge on any atom is -0.446 e. The first-order chi connectivity index (χ1) is 13.1. The highest BCUT2D eigenvalue weighted by Gasteiger charge is 2.15. The Balaban J connectivity index is 1.54. The van der Waals surface area contributed by atoms with E-state index in [4.69, 9.17) is 14.9 Å². The first-order valence-corrected chi connectivity index (χ1v) is 9.04. The van der Waals surface area contributed by atoms with Crippen LogP contribution in [0.5, 0.6) is 0 Å². The first kappa shape index (κ1) is 20.4. The van der Waals surface area contributed by atoms with Crippen LogP contribution in [0.1, 0.15) is 54.2 Å². The van der Waals surface area contributed by atoms with Crippen LogP contribution in [-0.2, 0) is 11.3 Å².